The molecule has 4 heteroatoms. The molecule has 1 saturated heterocycles. The average molecular weight is 235 g/mol. The van der Waals surface area contributed by atoms with Crippen molar-refractivity contribution in [2.75, 3.05) is 36.5 Å². The van der Waals surface area contributed by atoms with Crippen LogP contribution in [0.5, 0.6) is 0 Å². The first-order valence-electron chi connectivity index (χ1n) is 6.40. The molecule has 1 fully saturated rings. The van der Waals surface area contributed by atoms with Gasteiger partial charge in [-0.3, -0.25) is 0 Å². The SMILES string of the molecule is CCNc1cc(N2CCOC(CC)C2)ccn1. The minimum absolute atomic E-state index is 0.361. The third-order valence-electron chi connectivity index (χ3n) is 3.06. The van der Waals surface area contributed by atoms with Gasteiger partial charge in [-0.05, 0) is 19.4 Å². The van der Waals surface area contributed by atoms with Gasteiger partial charge in [-0.25, -0.2) is 4.98 Å². The van der Waals surface area contributed by atoms with Crippen molar-refractivity contribution < 1.29 is 4.74 Å². The van der Waals surface area contributed by atoms with Crippen molar-refractivity contribution in [3.8, 4) is 0 Å². The smallest absolute Gasteiger partial charge is 0.127 e. The highest BCUT2D eigenvalue weighted by Gasteiger charge is 2.19. The van der Waals surface area contributed by atoms with Gasteiger partial charge in [-0.1, -0.05) is 6.92 Å². The van der Waals surface area contributed by atoms with Gasteiger partial charge < -0.3 is 15.0 Å². The second-order valence-corrected chi connectivity index (χ2v) is 4.28. The van der Waals surface area contributed by atoms with E-state index in [1.54, 1.807) is 0 Å². The zero-order valence-corrected chi connectivity index (χ0v) is 10.6. The zero-order valence-electron chi connectivity index (χ0n) is 10.6. The van der Waals surface area contributed by atoms with E-state index >= 15 is 0 Å². The fraction of sp³-hybridized carbons (Fsp3) is 0.615. The lowest BCUT2D eigenvalue weighted by Crippen LogP contribution is -2.42. The highest BCUT2D eigenvalue weighted by atomic mass is 16.5. The number of anilines is 2. The lowest BCUT2D eigenvalue weighted by atomic mass is 10.2. The van der Waals surface area contributed by atoms with Gasteiger partial charge in [0.25, 0.3) is 0 Å². The lowest BCUT2D eigenvalue weighted by Gasteiger charge is -2.34. The molecule has 1 aromatic heterocycles. The Morgan fingerprint density at radius 2 is 2.41 bits per heavy atom. The number of morpholine rings is 1. The van der Waals surface area contributed by atoms with Crippen LogP contribution in [0.1, 0.15) is 20.3 Å². The second kappa shape index (κ2) is 5.87. The zero-order chi connectivity index (χ0) is 12.1. The molecule has 1 atom stereocenters. The van der Waals surface area contributed by atoms with Crippen LogP contribution in [-0.2, 0) is 4.74 Å². The normalized spacial score (nSPS) is 20.4. The van der Waals surface area contributed by atoms with Crippen LogP contribution in [0.25, 0.3) is 0 Å². The molecule has 0 aromatic carbocycles. The first kappa shape index (κ1) is 12.2. The molecule has 94 valence electrons. The summed E-state index contributed by atoms with van der Waals surface area (Å²) < 4.78 is 5.68. The molecule has 1 N–H and O–H groups in total. The number of ether oxygens (including phenoxy) is 1. The van der Waals surface area contributed by atoms with Crippen LogP contribution in [0.3, 0.4) is 0 Å². The Bertz CT molecular complexity index is 356. The van der Waals surface area contributed by atoms with E-state index in [1.807, 2.05) is 6.20 Å². The Balaban J connectivity index is 2.07. The number of rotatable bonds is 4. The van der Waals surface area contributed by atoms with Gasteiger partial charge in [-0.15, -0.1) is 0 Å². The molecule has 1 aliphatic rings. The fourth-order valence-electron chi connectivity index (χ4n) is 2.09. The van der Waals surface area contributed by atoms with Crippen molar-refractivity contribution in [3.63, 3.8) is 0 Å². The molecule has 1 aromatic rings. The molecule has 0 radical (unpaired) electrons. The summed E-state index contributed by atoms with van der Waals surface area (Å²) in [5.74, 6) is 0.949. The van der Waals surface area contributed by atoms with Crippen molar-refractivity contribution in [2.45, 2.75) is 26.4 Å². The summed E-state index contributed by atoms with van der Waals surface area (Å²) >= 11 is 0. The minimum Gasteiger partial charge on any atom is -0.375 e. The first-order valence-corrected chi connectivity index (χ1v) is 6.40. The van der Waals surface area contributed by atoms with Crippen LogP contribution >= 0.6 is 0 Å². The number of aromatic nitrogens is 1. The number of hydrogen-bond acceptors (Lipinski definition) is 4. The van der Waals surface area contributed by atoms with Crippen molar-refractivity contribution in [2.24, 2.45) is 0 Å². The second-order valence-electron chi connectivity index (χ2n) is 4.28. The molecule has 0 spiro atoms. The molecule has 0 amide bonds. The summed E-state index contributed by atoms with van der Waals surface area (Å²) in [4.78, 5) is 6.67. The molecule has 1 unspecified atom stereocenters. The fourth-order valence-corrected chi connectivity index (χ4v) is 2.09. The van der Waals surface area contributed by atoms with Crippen LogP contribution < -0.4 is 10.2 Å². The standard InChI is InChI=1S/C13H21N3O/c1-3-12-10-16(7-8-17-12)11-5-6-15-13(9-11)14-4-2/h5-6,9,12H,3-4,7-8,10H2,1-2H3,(H,14,15). The largest absolute Gasteiger partial charge is 0.375 e. The Morgan fingerprint density at radius 1 is 1.53 bits per heavy atom. The molecule has 2 rings (SSSR count). The van der Waals surface area contributed by atoms with Gasteiger partial charge in [0, 0.05) is 37.6 Å². The quantitative estimate of drug-likeness (QED) is 0.867. The minimum atomic E-state index is 0.361. The van der Waals surface area contributed by atoms with Crippen LogP contribution in [0, 0.1) is 0 Å². The van der Waals surface area contributed by atoms with Crippen molar-refractivity contribution in [3.05, 3.63) is 18.3 Å². The Hall–Kier alpha value is -1.29. The van der Waals surface area contributed by atoms with Gasteiger partial charge >= 0.3 is 0 Å². The topological polar surface area (TPSA) is 37.4 Å². The summed E-state index contributed by atoms with van der Waals surface area (Å²) in [6.45, 7) is 7.91. The molecular weight excluding hydrogens is 214 g/mol. The number of nitrogens with zero attached hydrogens (tertiary/aromatic N) is 2. The van der Waals surface area contributed by atoms with E-state index in [4.69, 9.17) is 4.74 Å². The summed E-state index contributed by atoms with van der Waals surface area (Å²) in [7, 11) is 0. The maximum Gasteiger partial charge on any atom is 0.127 e. The van der Waals surface area contributed by atoms with E-state index in [9.17, 15) is 0 Å². The molecule has 0 bridgehead atoms. The van der Waals surface area contributed by atoms with E-state index in [0.717, 1.165) is 38.5 Å². The van der Waals surface area contributed by atoms with E-state index in [-0.39, 0.29) is 0 Å². The Morgan fingerprint density at radius 3 is 3.18 bits per heavy atom. The van der Waals surface area contributed by atoms with E-state index in [0.29, 0.717) is 6.10 Å². The van der Waals surface area contributed by atoms with Crippen molar-refractivity contribution >= 4 is 11.5 Å². The maximum absolute atomic E-state index is 5.68. The molecule has 2 heterocycles. The van der Waals surface area contributed by atoms with Gasteiger partial charge in [0.2, 0.25) is 0 Å². The van der Waals surface area contributed by atoms with Crippen molar-refractivity contribution in [1.82, 2.24) is 4.98 Å². The Kier molecular flexibility index (Phi) is 4.20. The summed E-state index contributed by atoms with van der Waals surface area (Å²) in [6.07, 6.45) is 3.30. The lowest BCUT2D eigenvalue weighted by molar-refractivity contribution is 0.0384. The molecule has 17 heavy (non-hydrogen) atoms. The number of hydrogen-bond donors (Lipinski definition) is 1. The van der Waals surface area contributed by atoms with Crippen LogP contribution in [0.2, 0.25) is 0 Å². The van der Waals surface area contributed by atoms with Crippen LogP contribution in [0.4, 0.5) is 11.5 Å². The Labute approximate surface area is 103 Å². The highest BCUT2D eigenvalue weighted by molar-refractivity contribution is 5.54. The van der Waals surface area contributed by atoms with E-state index < -0.39 is 0 Å². The van der Waals surface area contributed by atoms with Gasteiger partial charge in [0.05, 0.1) is 12.7 Å². The molecule has 0 aliphatic carbocycles. The van der Waals surface area contributed by atoms with Gasteiger partial charge in [0.1, 0.15) is 5.82 Å². The summed E-state index contributed by atoms with van der Waals surface area (Å²) in [5, 5.41) is 3.24. The van der Waals surface area contributed by atoms with Crippen LogP contribution in [0.15, 0.2) is 18.3 Å². The average Bonchev–Trinajstić information content (AvgIpc) is 2.40. The van der Waals surface area contributed by atoms with Gasteiger partial charge in [-0.2, -0.15) is 0 Å². The predicted molar refractivity (Wildman–Crippen MR) is 70.6 cm³/mol. The third kappa shape index (κ3) is 3.09. The molecule has 4 nitrogen and oxygen atoms in total. The highest BCUT2D eigenvalue weighted by Crippen LogP contribution is 2.20. The van der Waals surface area contributed by atoms with Gasteiger partial charge in [0.15, 0.2) is 0 Å². The van der Waals surface area contributed by atoms with Crippen molar-refractivity contribution in [1.29, 1.82) is 0 Å². The molecule has 0 saturated carbocycles. The summed E-state index contributed by atoms with van der Waals surface area (Å²) in [5.41, 5.74) is 1.23. The number of nitrogens with one attached hydrogen (secondary N) is 1. The number of pyridine rings is 1. The molecule has 1 aliphatic heterocycles. The van der Waals surface area contributed by atoms with E-state index in [2.05, 4.69) is 41.2 Å². The third-order valence-corrected chi connectivity index (χ3v) is 3.06. The van der Waals surface area contributed by atoms with E-state index in [1.165, 1.54) is 5.69 Å². The first-order chi connectivity index (χ1) is 8.33. The molecular formula is C13H21N3O. The maximum atomic E-state index is 5.68. The summed E-state index contributed by atoms with van der Waals surface area (Å²) in [6, 6.07) is 4.18. The predicted octanol–water partition coefficient (Wildman–Crippen LogP) is 2.13. The monoisotopic (exact) mass is 235 g/mol. The van der Waals surface area contributed by atoms with Crippen LogP contribution in [-0.4, -0.2) is 37.3 Å².